The number of hydrogen-bond acceptors (Lipinski definition) is 2. The third-order valence-corrected chi connectivity index (χ3v) is 1.69. The lowest BCUT2D eigenvalue weighted by molar-refractivity contribution is 0.184. The number of benzene rings is 1. The maximum Gasteiger partial charge on any atom is 0.0716 e. The van der Waals surface area contributed by atoms with Crippen molar-refractivity contribution < 1.29 is 4.74 Å². The molecule has 12 heavy (non-hydrogen) atoms. The third kappa shape index (κ3) is 2.08. The number of methoxy groups -OCH3 is 1. The molecule has 0 aliphatic carbocycles. The highest BCUT2D eigenvalue weighted by atomic mass is 16.5. The van der Waals surface area contributed by atoms with E-state index < -0.39 is 0 Å². The monoisotopic (exact) mass is 161 g/mol. The molecule has 2 nitrogen and oxygen atoms in total. The van der Waals surface area contributed by atoms with E-state index in [2.05, 4.69) is 6.07 Å². The van der Waals surface area contributed by atoms with Crippen LogP contribution >= 0.6 is 0 Å². The van der Waals surface area contributed by atoms with Crippen LogP contribution in [0.3, 0.4) is 0 Å². The van der Waals surface area contributed by atoms with Gasteiger partial charge in [0.15, 0.2) is 0 Å². The van der Waals surface area contributed by atoms with E-state index in [0.29, 0.717) is 13.0 Å². The van der Waals surface area contributed by atoms with Crippen LogP contribution in [0.5, 0.6) is 0 Å². The van der Waals surface area contributed by atoms with Crippen LogP contribution in [0, 0.1) is 11.3 Å². The molecular formula is C10H11NO. The zero-order chi connectivity index (χ0) is 8.81. The summed E-state index contributed by atoms with van der Waals surface area (Å²) >= 11 is 0. The van der Waals surface area contributed by atoms with Gasteiger partial charge in [-0.1, -0.05) is 24.3 Å². The van der Waals surface area contributed by atoms with Gasteiger partial charge in [-0.15, -0.1) is 0 Å². The van der Waals surface area contributed by atoms with Gasteiger partial charge in [-0.05, 0) is 11.1 Å². The zero-order valence-corrected chi connectivity index (χ0v) is 7.08. The van der Waals surface area contributed by atoms with E-state index in [1.54, 1.807) is 7.11 Å². The summed E-state index contributed by atoms with van der Waals surface area (Å²) in [6, 6.07) is 9.96. The summed E-state index contributed by atoms with van der Waals surface area (Å²) in [7, 11) is 1.66. The van der Waals surface area contributed by atoms with Crippen LogP contribution in [-0.4, -0.2) is 7.11 Å². The van der Waals surface area contributed by atoms with Crippen LogP contribution in [-0.2, 0) is 17.8 Å². The molecule has 0 aromatic heterocycles. The van der Waals surface area contributed by atoms with E-state index in [9.17, 15) is 0 Å². The molecule has 0 N–H and O–H groups in total. The normalized spacial score (nSPS) is 9.33. The fourth-order valence-electron chi connectivity index (χ4n) is 1.11. The largest absolute Gasteiger partial charge is 0.380 e. The first-order valence-corrected chi connectivity index (χ1v) is 3.81. The molecule has 1 aromatic carbocycles. The fraction of sp³-hybridized carbons (Fsp3) is 0.300. The quantitative estimate of drug-likeness (QED) is 0.678. The first-order valence-electron chi connectivity index (χ1n) is 3.81. The molecule has 0 amide bonds. The standard InChI is InChI=1S/C10H11NO/c1-12-8-10-5-3-2-4-9(10)6-7-11/h2-5H,6,8H2,1H3. The second kappa shape index (κ2) is 4.53. The van der Waals surface area contributed by atoms with Gasteiger partial charge in [0, 0.05) is 7.11 Å². The van der Waals surface area contributed by atoms with Crippen LogP contribution < -0.4 is 0 Å². The Morgan fingerprint density at radius 3 is 2.58 bits per heavy atom. The lowest BCUT2D eigenvalue weighted by Crippen LogP contribution is -1.94. The molecule has 1 rings (SSSR count). The zero-order valence-electron chi connectivity index (χ0n) is 7.08. The number of ether oxygens (including phenoxy) is 1. The predicted molar refractivity (Wildman–Crippen MR) is 46.5 cm³/mol. The minimum Gasteiger partial charge on any atom is -0.380 e. The minimum atomic E-state index is 0.458. The van der Waals surface area contributed by atoms with Crippen LogP contribution in [0.4, 0.5) is 0 Å². The van der Waals surface area contributed by atoms with Crippen LogP contribution in [0.2, 0.25) is 0 Å². The van der Waals surface area contributed by atoms with Crippen molar-refractivity contribution in [1.82, 2.24) is 0 Å². The highest BCUT2D eigenvalue weighted by Gasteiger charge is 1.98. The average Bonchev–Trinajstić information content (AvgIpc) is 2.09. The maximum absolute atomic E-state index is 8.52. The number of nitrogens with zero attached hydrogens (tertiary/aromatic N) is 1. The molecule has 0 saturated carbocycles. The molecule has 0 spiro atoms. The van der Waals surface area contributed by atoms with Crippen LogP contribution in [0.1, 0.15) is 11.1 Å². The minimum absolute atomic E-state index is 0.458. The average molecular weight is 161 g/mol. The van der Waals surface area contributed by atoms with Gasteiger partial charge in [0.1, 0.15) is 0 Å². The van der Waals surface area contributed by atoms with E-state index in [-0.39, 0.29) is 0 Å². The second-order valence-corrected chi connectivity index (χ2v) is 2.54. The Hall–Kier alpha value is -1.33. The highest BCUT2D eigenvalue weighted by Crippen LogP contribution is 2.09. The topological polar surface area (TPSA) is 33.0 Å². The van der Waals surface area contributed by atoms with Crippen molar-refractivity contribution in [3.8, 4) is 6.07 Å². The Morgan fingerprint density at radius 2 is 2.00 bits per heavy atom. The van der Waals surface area contributed by atoms with Crippen molar-refractivity contribution in [2.75, 3.05) is 7.11 Å². The summed E-state index contributed by atoms with van der Waals surface area (Å²) in [5.74, 6) is 0. The third-order valence-electron chi connectivity index (χ3n) is 1.69. The second-order valence-electron chi connectivity index (χ2n) is 2.54. The molecule has 2 heteroatoms. The number of nitriles is 1. The highest BCUT2D eigenvalue weighted by molar-refractivity contribution is 5.28. The fourth-order valence-corrected chi connectivity index (χ4v) is 1.11. The van der Waals surface area contributed by atoms with E-state index >= 15 is 0 Å². The summed E-state index contributed by atoms with van der Waals surface area (Å²) < 4.78 is 5.01. The number of hydrogen-bond donors (Lipinski definition) is 0. The summed E-state index contributed by atoms with van der Waals surface area (Å²) in [6.45, 7) is 0.581. The van der Waals surface area contributed by atoms with E-state index in [1.807, 2.05) is 24.3 Å². The molecule has 0 unspecified atom stereocenters. The molecule has 0 atom stereocenters. The molecule has 0 radical (unpaired) electrons. The van der Waals surface area contributed by atoms with Gasteiger partial charge in [-0.2, -0.15) is 5.26 Å². The Balaban J connectivity index is 2.85. The van der Waals surface area contributed by atoms with E-state index in [4.69, 9.17) is 10.00 Å². The molecule has 1 aromatic rings. The smallest absolute Gasteiger partial charge is 0.0716 e. The summed E-state index contributed by atoms with van der Waals surface area (Å²) in [5, 5.41) is 8.52. The Kier molecular flexibility index (Phi) is 3.31. The van der Waals surface area contributed by atoms with Crippen molar-refractivity contribution in [3.63, 3.8) is 0 Å². The molecule has 0 aliphatic rings. The van der Waals surface area contributed by atoms with Gasteiger partial charge in [-0.25, -0.2) is 0 Å². The lowest BCUT2D eigenvalue weighted by atomic mass is 10.1. The molecule has 0 saturated heterocycles. The maximum atomic E-state index is 8.52. The SMILES string of the molecule is COCc1ccccc1CC#N. The van der Waals surface area contributed by atoms with Crippen LogP contribution in [0.15, 0.2) is 24.3 Å². The molecule has 62 valence electrons. The molecule has 0 heterocycles. The van der Waals surface area contributed by atoms with Crippen molar-refractivity contribution >= 4 is 0 Å². The Morgan fingerprint density at radius 1 is 1.33 bits per heavy atom. The Labute approximate surface area is 72.4 Å². The van der Waals surface area contributed by atoms with Gasteiger partial charge in [0.25, 0.3) is 0 Å². The van der Waals surface area contributed by atoms with Crippen molar-refractivity contribution in [3.05, 3.63) is 35.4 Å². The van der Waals surface area contributed by atoms with E-state index in [1.165, 1.54) is 0 Å². The lowest BCUT2D eigenvalue weighted by Gasteiger charge is -2.03. The van der Waals surface area contributed by atoms with E-state index in [0.717, 1.165) is 11.1 Å². The molecule has 0 aliphatic heterocycles. The first kappa shape index (κ1) is 8.76. The molecule has 0 bridgehead atoms. The molecule has 0 fully saturated rings. The summed E-state index contributed by atoms with van der Waals surface area (Å²) in [6.07, 6.45) is 0.458. The molecular weight excluding hydrogens is 150 g/mol. The van der Waals surface area contributed by atoms with Gasteiger partial charge >= 0.3 is 0 Å². The van der Waals surface area contributed by atoms with Crippen LogP contribution in [0.25, 0.3) is 0 Å². The van der Waals surface area contributed by atoms with Gasteiger partial charge in [0.2, 0.25) is 0 Å². The van der Waals surface area contributed by atoms with Crippen molar-refractivity contribution in [1.29, 1.82) is 5.26 Å². The number of rotatable bonds is 3. The van der Waals surface area contributed by atoms with Gasteiger partial charge < -0.3 is 4.74 Å². The Bertz CT molecular complexity index is 288. The predicted octanol–water partition coefficient (Wildman–Crippen LogP) is 1.90. The van der Waals surface area contributed by atoms with Gasteiger partial charge in [-0.3, -0.25) is 0 Å². The van der Waals surface area contributed by atoms with Crippen molar-refractivity contribution in [2.45, 2.75) is 13.0 Å². The van der Waals surface area contributed by atoms with Gasteiger partial charge in [0.05, 0.1) is 19.1 Å². The van der Waals surface area contributed by atoms with Crippen molar-refractivity contribution in [2.24, 2.45) is 0 Å². The first-order chi connectivity index (χ1) is 5.88. The summed E-state index contributed by atoms with van der Waals surface area (Å²) in [5.41, 5.74) is 2.16. The summed E-state index contributed by atoms with van der Waals surface area (Å²) in [4.78, 5) is 0.